The second-order valence-corrected chi connectivity index (χ2v) is 3.35. The van der Waals surface area contributed by atoms with Crippen LogP contribution >= 0.6 is 11.6 Å². The molecule has 0 aliphatic carbocycles. The molecule has 0 amide bonds. The van der Waals surface area contributed by atoms with Crippen LogP contribution in [0.4, 0.5) is 5.69 Å². The van der Waals surface area contributed by atoms with Gasteiger partial charge in [-0.2, -0.15) is 0 Å². The van der Waals surface area contributed by atoms with E-state index >= 15 is 0 Å². The molecule has 15 heavy (non-hydrogen) atoms. The van der Waals surface area contributed by atoms with E-state index in [9.17, 15) is 4.79 Å². The quantitative estimate of drug-likeness (QED) is 0.635. The fraction of sp³-hybridized carbons (Fsp3) is 0.300. The molecule has 1 atom stereocenters. The van der Waals surface area contributed by atoms with Gasteiger partial charge in [0.25, 0.3) is 0 Å². The van der Waals surface area contributed by atoms with E-state index in [1.54, 1.807) is 25.1 Å². The monoisotopic (exact) mass is 229 g/mol. The zero-order chi connectivity index (χ0) is 11.4. The number of carbonyl (C=O) groups excluding carboxylic acids is 1. The molecule has 0 fully saturated rings. The van der Waals surface area contributed by atoms with Crippen LogP contribution in [0.5, 0.6) is 5.75 Å². The summed E-state index contributed by atoms with van der Waals surface area (Å²) in [7, 11) is 1.29. The average molecular weight is 230 g/mol. The summed E-state index contributed by atoms with van der Waals surface area (Å²) in [4.78, 5) is 11.1. The van der Waals surface area contributed by atoms with Crippen molar-refractivity contribution in [2.45, 2.75) is 13.0 Å². The van der Waals surface area contributed by atoms with Crippen molar-refractivity contribution in [1.29, 1.82) is 0 Å². The molecular formula is C10H12ClNO3. The Labute approximate surface area is 92.9 Å². The molecular weight excluding hydrogens is 218 g/mol. The number of hydrogen-bond donors (Lipinski definition) is 1. The molecule has 5 heteroatoms. The van der Waals surface area contributed by atoms with Gasteiger partial charge in [0.15, 0.2) is 11.9 Å². The largest absolute Gasteiger partial charge is 0.475 e. The van der Waals surface area contributed by atoms with Crippen LogP contribution in [-0.2, 0) is 9.53 Å². The molecule has 0 radical (unpaired) electrons. The molecule has 0 heterocycles. The van der Waals surface area contributed by atoms with E-state index in [4.69, 9.17) is 22.1 Å². The number of methoxy groups -OCH3 is 1. The highest BCUT2D eigenvalue weighted by molar-refractivity contribution is 6.32. The Balaban J connectivity index is 2.85. The van der Waals surface area contributed by atoms with Gasteiger partial charge in [0, 0.05) is 0 Å². The van der Waals surface area contributed by atoms with Crippen LogP contribution in [0.25, 0.3) is 0 Å². The van der Waals surface area contributed by atoms with E-state index in [2.05, 4.69) is 4.74 Å². The summed E-state index contributed by atoms with van der Waals surface area (Å²) in [5.41, 5.74) is 6.04. The minimum Gasteiger partial charge on any atom is -0.475 e. The highest BCUT2D eigenvalue weighted by atomic mass is 35.5. The van der Waals surface area contributed by atoms with Gasteiger partial charge in [-0.25, -0.2) is 4.79 Å². The number of halogens is 1. The standard InChI is InChI=1S/C10H12ClNO3/c1-6(10(13)14-2)15-9-7(11)4-3-5-8(9)12/h3-6H,12H2,1-2H3. The van der Waals surface area contributed by atoms with Gasteiger partial charge < -0.3 is 15.2 Å². The summed E-state index contributed by atoms with van der Waals surface area (Å²) in [5.74, 6) is -0.175. The first-order chi connectivity index (χ1) is 7.06. The molecule has 0 spiro atoms. The second-order valence-electron chi connectivity index (χ2n) is 2.94. The van der Waals surface area contributed by atoms with Crippen LogP contribution in [0, 0.1) is 0 Å². The van der Waals surface area contributed by atoms with Gasteiger partial charge in [-0.1, -0.05) is 17.7 Å². The fourth-order valence-electron chi connectivity index (χ4n) is 1.04. The molecule has 0 saturated heterocycles. The molecule has 1 rings (SSSR count). The Hall–Kier alpha value is -1.42. The number of benzene rings is 1. The van der Waals surface area contributed by atoms with E-state index in [1.165, 1.54) is 7.11 Å². The number of nitrogen functional groups attached to an aromatic ring is 1. The maximum atomic E-state index is 11.1. The predicted octanol–water partition coefficient (Wildman–Crippen LogP) is 1.86. The van der Waals surface area contributed by atoms with Gasteiger partial charge in [-0.05, 0) is 19.1 Å². The molecule has 4 nitrogen and oxygen atoms in total. The zero-order valence-electron chi connectivity index (χ0n) is 8.49. The third-order valence-electron chi connectivity index (χ3n) is 1.83. The Morgan fingerprint density at radius 2 is 2.20 bits per heavy atom. The highest BCUT2D eigenvalue weighted by Crippen LogP contribution is 2.31. The van der Waals surface area contributed by atoms with Gasteiger partial charge in [0.1, 0.15) is 0 Å². The molecule has 0 aromatic heterocycles. The van der Waals surface area contributed by atoms with E-state index in [1.807, 2.05) is 0 Å². The normalized spacial score (nSPS) is 11.9. The van der Waals surface area contributed by atoms with E-state index < -0.39 is 12.1 Å². The second kappa shape index (κ2) is 4.89. The number of carbonyl (C=O) groups is 1. The summed E-state index contributed by atoms with van der Waals surface area (Å²) in [5, 5.41) is 0.366. The third-order valence-corrected chi connectivity index (χ3v) is 2.12. The molecule has 0 aliphatic heterocycles. The van der Waals surface area contributed by atoms with Gasteiger partial charge >= 0.3 is 5.97 Å². The van der Waals surface area contributed by atoms with Crippen molar-refractivity contribution >= 4 is 23.3 Å². The SMILES string of the molecule is COC(=O)C(C)Oc1c(N)cccc1Cl. The summed E-state index contributed by atoms with van der Waals surface area (Å²) in [6, 6.07) is 4.98. The van der Waals surface area contributed by atoms with Crippen molar-refractivity contribution in [3.63, 3.8) is 0 Å². The number of hydrogen-bond acceptors (Lipinski definition) is 4. The van der Waals surface area contributed by atoms with E-state index in [0.717, 1.165) is 0 Å². The number of anilines is 1. The van der Waals surface area contributed by atoms with Crippen LogP contribution in [0.1, 0.15) is 6.92 Å². The van der Waals surface area contributed by atoms with Gasteiger partial charge in [0.05, 0.1) is 17.8 Å². The van der Waals surface area contributed by atoms with Gasteiger partial charge in [-0.15, -0.1) is 0 Å². The Morgan fingerprint density at radius 1 is 1.53 bits per heavy atom. The Bertz CT molecular complexity index is 347. The molecule has 82 valence electrons. The van der Waals surface area contributed by atoms with E-state index in [-0.39, 0.29) is 0 Å². The Morgan fingerprint density at radius 3 is 2.73 bits per heavy atom. The minimum atomic E-state index is -0.739. The fourth-order valence-corrected chi connectivity index (χ4v) is 1.27. The van der Waals surface area contributed by atoms with Crippen LogP contribution < -0.4 is 10.5 Å². The number of ether oxygens (including phenoxy) is 2. The van der Waals surface area contributed by atoms with Crippen molar-refractivity contribution in [1.82, 2.24) is 0 Å². The summed E-state index contributed by atoms with van der Waals surface area (Å²) in [6.45, 7) is 1.56. The van der Waals surface area contributed by atoms with Crippen molar-refractivity contribution in [2.24, 2.45) is 0 Å². The van der Waals surface area contributed by atoms with Crippen molar-refractivity contribution in [2.75, 3.05) is 12.8 Å². The lowest BCUT2D eigenvalue weighted by Crippen LogP contribution is -2.25. The first-order valence-electron chi connectivity index (χ1n) is 4.34. The maximum Gasteiger partial charge on any atom is 0.346 e. The van der Waals surface area contributed by atoms with Crippen molar-refractivity contribution in [3.8, 4) is 5.75 Å². The lowest BCUT2D eigenvalue weighted by Gasteiger charge is -2.14. The topological polar surface area (TPSA) is 61.5 Å². The number of para-hydroxylation sites is 1. The molecule has 1 unspecified atom stereocenters. The third kappa shape index (κ3) is 2.76. The van der Waals surface area contributed by atoms with Gasteiger partial charge in [-0.3, -0.25) is 0 Å². The average Bonchev–Trinajstić information content (AvgIpc) is 2.22. The molecule has 1 aromatic rings. The number of nitrogens with two attached hydrogens (primary N) is 1. The molecule has 1 aromatic carbocycles. The first-order valence-corrected chi connectivity index (χ1v) is 4.72. The van der Waals surface area contributed by atoms with Crippen molar-refractivity contribution in [3.05, 3.63) is 23.2 Å². The predicted molar refractivity (Wildman–Crippen MR) is 58.0 cm³/mol. The summed E-state index contributed by atoms with van der Waals surface area (Å²) in [6.07, 6.45) is -0.739. The van der Waals surface area contributed by atoms with Crippen LogP contribution in [-0.4, -0.2) is 19.2 Å². The van der Waals surface area contributed by atoms with Crippen molar-refractivity contribution < 1.29 is 14.3 Å². The minimum absolute atomic E-state index is 0.303. The van der Waals surface area contributed by atoms with Gasteiger partial charge in [0.2, 0.25) is 0 Å². The Kier molecular flexibility index (Phi) is 3.80. The zero-order valence-corrected chi connectivity index (χ0v) is 9.25. The lowest BCUT2D eigenvalue weighted by atomic mass is 10.3. The lowest BCUT2D eigenvalue weighted by molar-refractivity contribution is -0.147. The van der Waals surface area contributed by atoms with Crippen LogP contribution in [0.2, 0.25) is 5.02 Å². The number of rotatable bonds is 3. The molecule has 0 aliphatic rings. The first kappa shape index (κ1) is 11.7. The maximum absolute atomic E-state index is 11.1. The summed E-state index contributed by atoms with van der Waals surface area (Å²) >= 11 is 5.86. The van der Waals surface area contributed by atoms with Crippen LogP contribution in [0.15, 0.2) is 18.2 Å². The molecule has 0 saturated carbocycles. The number of esters is 1. The molecule has 0 bridgehead atoms. The van der Waals surface area contributed by atoms with Crippen LogP contribution in [0.3, 0.4) is 0 Å². The summed E-state index contributed by atoms with van der Waals surface area (Å²) < 4.78 is 9.81. The van der Waals surface area contributed by atoms with E-state index in [0.29, 0.717) is 16.5 Å². The smallest absolute Gasteiger partial charge is 0.346 e. The molecule has 2 N–H and O–H groups in total. The highest BCUT2D eigenvalue weighted by Gasteiger charge is 2.17.